The first-order chi connectivity index (χ1) is 16.6. The molecular weight excluding hydrogens is 473 g/mol. The molecule has 0 saturated heterocycles. The number of methoxy groups -OCH3 is 2. The Labute approximate surface area is 204 Å². The van der Waals surface area contributed by atoms with E-state index in [1.165, 1.54) is 14.2 Å². The Hall–Kier alpha value is -3.29. The second kappa shape index (κ2) is 11.0. The molecule has 0 amide bonds. The molecule has 1 aliphatic heterocycles. The molecule has 0 spiro atoms. The highest BCUT2D eigenvalue weighted by Gasteiger charge is 2.33. The zero-order chi connectivity index (χ0) is 25.8. The van der Waals surface area contributed by atoms with Crippen LogP contribution in [0.25, 0.3) is 0 Å². The number of hydrogen-bond acceptors (Lipinski definition) is 8. The Morgan fingerprint density at radius 1 is 1.29 bits per heavy atom. The fraction of sp³-hybridized carbons (Fsp3) is 0.360. The topological polar surface area (TPSA) is 120 Å². The Morgan fingerprint density at radius 2 is 1.97 bits per heavy atom. The number of carbonyl (C=O) groups is 2. The first-order valence-corrected chi connectivity index (χ1v) is 12.8. The lowest BCUT2D eigenvalue weighted by Crippen LogP contribution is -2.34. The summed E-state index contributed by atoms with van der Waals surface area (Å²) in [4.78, 5) is 24.1. The normalized spacial score (nSPS) is 15.6. The van der Waals surface area contributed by atoms with E-state index in [9.17, 15) is 19.3 Å². The van der Waals surface area contributed by atoms with Crippen LogP contribution >= 0.6 is 7.52 Å². The molecular formula is C25H30NO8P. The molecule has 1 aliphatic rings. The predicted octanol–water partition coefficient (Wildman–Crippen LogP) is 4.29. The van der Waals surface area contributed by atoms with Gasteiger partial charge in [-0.15, -0.1) is 0 Å². The summed E-state index contributed by atoms with van der Waals surface area (Å²) in [5.41, 5.74) is 2.58. The van der Waals surface area contributed by atoms with Crippen LogP contribution < -0.4 is 14.3 Å². The maximum atomic E-state index is 13.8. The first-order valence-electron chi connectivity index (χ1n) is 11.0. The number of allylic oxidation sites excluding steroid dienone is 2. The number of phenols is 1. The first kappa shape index (κ1) is 26.3. The van der Waals surface area contributed by atoms with E-state index in [0.717, 1.165) is 5.56 Å². The minimum atomic E-state index is -3.59. The van der Waals surface area contributed by atoms with Crippen LogP contribution in [0.3, 0.4) is 0 Å². The van der Waals surface area contributed by atoms with Crippen molar-refractivity contribution >= 4 is 19.5 Å². The predicted molar refractivity (Wildman–Crippen MR) is 130 cm³/mol. The van der Waals surface area contributed by atoms with E-state index in [-0.39, 0.29) is 30.5 Å². The van der Waals surface area contributed by atoms with Crippen molar-refractivity contribution in [1.29, 1.82) is 0 Å². The van der Waals surface area contributed by atoms with Crippen molar-refractivity contribution in [2.75, 3.05) is 20.4 Å². The number of rotatable bonds is 10. The summed E-state index contributed by atoms with van der Waals surface area (Å²) in [5.74, 6) is -0.481. The van der Waals surface area contributed by atoms with Gasteiger partial charge in [0, 0.05) is 11.1 Å². The van der Waals surface area contributed by atoms with Crippen LogP contribution in [0.4, 0.5) is 0 Å². The highest BCUT2D eigenvalue weighted by molar-refractivity contribution is 7.57. The monoisotopic (exact) mass is 503 g/mol. The van der Waals surface area contributed by atoms with E-state index in [1.54, 1.807) is 51.1 Å². The SMILES string of the molecule is COC(=O)[C@H](C)NP(=O)(CC(C)=CCc1c(O)c2c(c(C)c1OC)COC2=O)Oc1ccccc1. The molecule has 9 nitrogen and oxygen atoms in total. The van der Waals surface area contributed by atoms with Crippen LogP contribution in [-0.2, 0) is 31.9 Å². The molecule has 0 bridgehead atoms. The molecule has 1 heterocycles. The highest BCUT2D eigenvalue weighted by atomic mass is 31.2. The summed E-state index contributed by atoms with van der Waals surface area (Å²) < 4.78 is 34.9. The molecule has 10 heteroatoms. The Morgan fingerprint density at radius 3 is 2.60 bits per heavy atom. The Bertz CT molecular complexity index is 1190. The lowest BCUT2D eigenvalue weighted by Gasteiger charge is -2.23. The molecule has 0 radical (unpaired) electrons. The molecule has 0 fully saturated rings. The van der Waals surface area contributed by atoms with Gasteiger partial charge in [-0.05, 0) is 44.9 Å². The third-order valence-electron chi connectivity index (χ3n) is 5.70. The van der Waals surface area contributed by atoms with E-state index in [2.05, 4.69) is 5.09 Å². The van der Waals surface area contributed by atoms with Gasteiger partial charge in [-0.2, -0.15) is 0 Å². The summed E-state index contributed by atoms with van der Waals surface area (Å²) in [5, 5.41) is 13.6. The Kier molecular flexibility index (Phi) is 8.25. The van der Waals surface area contributed by atoms with Gasteiger partial charge in [0.05, 0.1) is 20.4 Å². The number of para-hydroxylation sites is 1. The molecule has 0 aromatic heterocycles. The van der Waals surface area contributed by atoms with Gasteiger partial charge in [-0.25, -0.2) is 9.88 Å². The zero-order valence-corrected chi connectivity index (χ0v) is 21.3. The summed E-state index contributed by atoms with van der Waals surface area (Å²) in [6.07, 6.45) is 1.97. The third-order valence-corrected chi connectivity index (χ3v) is 7.90. The number of fused-ring (bicyclic) bond motifs is 1. The fourth-order valence-electron chi connectivity index (χ4n) is 3.98. The van der Waals surface area contributed by atoms with E-state index in [4.69, 9.17) is 18.7 Å². The van der Waals surface area contributed by atoms with Gasteiger partial charge in [0.25, 0.3) is 0 Å². The lowest BCUT2D eigenvalue weighted by atomic mass is 9.95. The summed E-state index contributed by atoms with van der Waals surface area (Å²) in [6.45, 7) is 5.20. The largest absolute Gasteiger partial charge is 0.507 e. The molecule has 0 aliphatic carbocycles. The van der Waals surface area contributed by atoms with Crippen LogP contribution in [0.2, 0.25) is 0 Å². The molecule has 1 unspecified atom stereocenters. The number of carbonyl (C=O) groups excluding carboxylic acids is 2. The third kappa shape index (κ3) is 5.86. The number of nitrogens with one attached hydrogen (secondary N) is 1. The van der Waals surface area contributed by atoms with Gasteiger partial charge in [0.2, 0.25) is 0 Å². The van der Waals surface area contributed by atoms with Gasteiger partial charge in [-0.3, -0.25) is 9.36 Å². The van der Waals surface area contributed by atoms with Crippen molar-refractivity contribution in [3.05, 3.63) is 64.2 Å². The van der Waals surface area contributed by atoms with Crippen LogP contribution in [0.15, 0.2) is 42.0 Å². The number of ether oxygens (including phenoxy) is 3. The number of hydrogen-bond donors (Lipinski definition) is 2. The quantitative estimate of drug-likeness (QED) is 0.278. The number of phenolic OH excluding ortho intramolecular Hbond substituents is 1. The van der Waals surface area contributed by atoms with Crippen LogP contribution in [-0.4, -0.2) is 43.5 Å². The number of esters is 2. The minimum Gasteiger partial charge on any atom is -0.507 e. The maximum absolute atomic E-state index is 13.8. The molecule has 2 atom stereocenters. The number of cyclic esters (lactones) is 1. The molecule has 2 aromatic rings. The molecule has 3 rings (SSSR count). The van der Waals surface area contributed by atoms with Crippen molar-refractivity contribution in [1.82, 2.24) is 5.09 Å². The summed E-state index contributed by atoms with van der Waals surface area (Å²) >= 11 is 0. The van der Waals surface area contributed by atoms with E-state index >= 15 is 0 Å². The second-order valence-corrected chi connectivity index (χ2v) is 10.4. The van der Waals surface area contributed by atoms with Crippen molar-refractivity contribution in [2.24, 2.45) is 0 Å². The molecule has 0 saturated carbocycles. The van der Waals surface area contributed by atoms with Gasteiger partial charge < -0.3 is 23.8 Å². The minimum absolute atomic E-state index is 0.0156. The molecule has 2 aromatic carbocycles. The van der Waals surface area contributed by atoms with Crippen LogP contribution in [0, 0.1) is 6.92 Å². The van der Waals surface area contributed by atoms with Gasteiger partial charge in [0.1, 0.15) is 35.5 Å². The van der Waals surface area contributed by atoms with Crippen LogP contribution in [0.1, 0.15) is 40.9 Å². The van der Waals surface area contributed by atoms with Gasteiger partial charge in [-0.1, -0.05) is 29.8 Å². The molecule has 35 heavy (non-hydrogen) atoms. The van der Waals surface area contributed by atoms with E-state index < -0.39 is 25.5 Å². The Balaban J connectivity index is 1.89. The van der Waals surface area contributed by atoms with Crippen LogP contribution in [0.5, 0.6) is 17.2 Å². The average molecular weight is 503 g/mol. The maximum Gasteiger partial charge on any atom is 0.342 e. The fourth-order valence-corrected chi connectivity index (χ4v) is 6.13. The van der Waals surface area contributed by atoms with E-state index in [1.807, 2.05) is 6.07 Å². The van der Waals surface area contributed by atoms with Gasteiger partial charge >= 0.3 is 19.5 Å². The second-order valence-electron chi connectivity index (χ2n) is 8.28. The van der Waals surface area contributed by atoms with Crippen molar-refractivity contribution in [3.63, 3.8) is 0 Å². The molecule has 2 N–H and O–H groups in total. The van der Waals surface area contributed by atoms with Crippen molar-refractivity contribution in [2.45, 2.75) is 39.8 Å². The van der Waals surface area contributed by atoms with E-state index in [0.29, 0.717) is 28.2 Å². The number of benzene rings is 2. The number of aromatic hydroxyl groups is 1. The van der Waals surface area contributed by atoms with Gasteiger partial charge in [0.15, 0.2) is 0 Å². The highest BCUT2D eigenvalue weighted by Crippen LogP contribution is 2.46. The average Bonchev–Trinajstić information content (AvgIpc) is 3.22. The van der Waals surface area contributed by atoms with Crippen molar-refractivity contribution < 1.29 is 38.0 Å². The summed E-state index contributed by atoms with van der Waals surface area (Å²) in [6, 6.07) is 7.79. The molecule has 188 valence electrons. The van der Waals surface area contributed by atoms with Crippen molar-refractivity contribution in [3.8, 4) is 17.2 Å². The smallest absolute Gasteiger partial charge is 0.342 e. The lowest BCUT2D eigenvalue weighted by molar-refractivity contribution is -0.142. The standard InChI is InChI=1S/C25H30NO8P/c1-15(11-12-19-22(27)21-20(13-33-25(21)29)16(2)23(19)31-4)14-35(30,26-17(3)24(28)32-5)34-18-9-7-6-8-10-18/h6-11,17,27H,12-14H2,1-5H3,(H,26,30)/t17-,35?/m0/s1. The zero-order valence-electron chi connectivity index (χ0n) is 20.4. The summed E-state index contributed by atoms with van der Waals surface area (Å²) in [7, 11) is -0.847.